The van der Waals surface area contributed by atoms with Crippen molar-refractivity contribution >= 4 is 17.4 Å². The van der Waals surface area contributed by atoms with Crippen molar-refractivity contribution in [3.63, 3.8) is 0 Å². The van der Waals surface area contributed by atoms with E-state index < -0.39 is 17.7 Å². The minimum absolute atomic E-state index is 0.0404. The van der Waals surface area contributed by atoms with Gasteiger partial charge in [-0.3, -0.25) is 9.59 Å². The summed E-state index contributed by atoms with van der Waals surface area (Å²) >= 11 is 0. The van der Waals surface area contributed by atoms with Gasteiger partial charge in [-0.25, -0.2) is 0 Å². The van der Waals surface area contributed by atoms with Crippen LogP contribution < -0.4 is 14.2 Å². The highest BCUT2D eigenvalue weighted by Gasteiger charge is 2.46. The second-order valence-electron chi connectivity index (χ2n) is 10.7. The summed E-state index contributed by atoms with van der Waals surface area (Å²) in [4.78, 5) is 30.3. The molecule has 0 saturated carbocycles. The molecule has 1 N–H and O–H groups in total. The highest BCUT2D eigenvalue weighted by atomic mass is 16.5. The Kier molecular flexibility index (Phi) is 8.31. The first-order valence-corrected chi connectivity index (χ1v) is 13.9. The lowest BCUT2D eigenvalue weighted by Crippen LogP contribution is -2.35. The van der Waals surface area contributed by atoms with Crippen LogP contribution in [0.15, 0.2) is 72.3 Å². The molecule has 8 nitrogen and oxygen atoms in total. The summed E-state index contributed by atoms with van der Waals surface area (Å²) in [5, 5.41) is 11.5. The summed E-state index contributed by atoms with van der Waals surface area (Å²) in [6, 6.07) is 19.8. The van der Waals surface area contributed by atoms with E-state index in [4.69, 9.17) is 14.2 Å². The molecule has 0 aliphatic carbocycles. The number of hydrogen-bond acceptors (Lipinski definition) is 7. The highest BCUT2D eigenvalue weighted by Crippen LogP contribution is 2.43. The predicted octanol–water partition coefficient (Wildman–Crippen LogP) is 4.97. The van der Waals surface area contributed by atoms with E-state index in [0.717, 1.165) is 16.9 Å². The molecule has 2 heterocycles. The summed E-state index contributed by atoms with van der Waals surface area (Å²) in [5.74, 6) is 0.271. The van der Waals surface area contributed by atoms with Crippen LogP contribution in [0.25, 0.3) is 5.76 Å². The summed E-state index contributed by atoms with van der Waals surface area (Å²) in [5.41, 5.74) is 3.16. The van der Waals surface area contributed by atoms with E-state index in [1.807, 2.05) is 75.3 Å². The molecule has 5 rings (SSSR count). The first-order valence-electron chi connectivity index (χ1n) is 13.9. The molecule has 1 fully saturated rings. The van der Waals surface area contributed by atoms with E-state index in [2.05, 4.69) is 0 Å². The van der Waals surface area contributed by atoms with Crippen LogP contribution in [-0.4, -0.2) is 66.5 Å². The molecule has 41 heavy (non-hydrogen) atoms. The van der Waals surface area contributed by atoms with Gasteiger partial charge in [0.2, 0.25) is 0 Å². The van der Waals surface area contributed by atoms with Crippen molar-refractivity contribution in [2.45, 2.75) is 39.0 Å². The van der Waals surface area contributed by atoms with Crippen LogP contribution in [0.2, 0.25) is 0 Å². The maximum atomic E-state index is 13.5. The fraction of sp³-hybridized carbons (Fsp3) is 0.333. The van der Waals surface area contributed by atoms with Crippen molar-refractivity contribution in [3.05, 3.63) is 94.6 Å². The van der Waals surface area contributed by atoms with Crippen molar-refractivity contribution in [2.24, 2.45) is 0 Å². The molecule has 0 radical (unpaired) electrons. The molecule has 2 aliphatic heterocycles. The highest BCUT2D eigenvalue weighted by molar-refractivity contribution is 6.46. The molecule has 0 bridgehead atoms. The monoisotopic (exact) mass is 556 g/mol. The molecule has 2 aliphatic rings. The summed E-state index contributed by atoms with van der Waals surface area (Å²) in [6.07, 6.45) is 0.748. The van der Waals surface area contributed by atoms with E-state index >= 15 is 0 Å². The van der Waals surface area contributed by atoms with Crippen LogP contribution in [-0.2, 0) is 22.6 Å². The van der Waals surface area contributed by atoms with Gasteiger partial charge in [0.25, 0.3) is 11.7 Å². The number of aliphatic hydroxyl groups is 1. The smallest absolute Gasteiger partial charge is 0.295 e. The number of amides is 1. The topological polar surface area (TPSA) is 88.5 Å². The van der Waals surface area contributed by atoms with Gasteiger partial charge in [0.05, 0.1) is 18.2 Å². The second-order valence-corrected chi connectivity index (χ2v) is 10.7. The number of likely N-dealkylation sites (tertiary alicyclic amines) is 1. The number of Topliss-reactive ketones (excluding diaryl/α,β-unsaturated/α-hetero) is 1. The lowest BCUT2D eigenvalue weighted by Gasteiger charge is -2.27. The summed E-state index contributed by atoms with van der Waals surface area (Å²) < 4.78 is 17.8. The normalized spacial score (nSPS) is 19.4. The number of fused-ring (bicyclic) bond motifs is 1. The lowest BCUT2D eigenvalue weighted by atomic mass is 9.94. The van der Waals surface area contributed by atoms with Crippen LogP contribution >= 0.6 is 0 Å². The van der Waals surface area contributed by atoms with Crippen molar-refractivity contribution in [3.8, 4) is 17.2 Å². The molecule has 0 aromatic heterocycles. The molecule has 8 heteroatoms. The van der Waals surface area contributed by atoms with E-state index in [1.54, 1.807) is 24.3 Å². The Morgan fingerprint density at radius 1 is 1.02 bits per heavy atom. The van der Waals surface area contributed by atoms with E-state index in [9.17, 15) is 14.7 Å². The molecule has 1 amide bonds. The third kappa shape index (κ3) is 5.93. The Labute approximate surface area is 240 Å². The van der Waals surface area contributed by atoms with Crippen molar-refractivity contribution in [2.75, 3.05) is 33.8 Å². The quantitative estimate of drug-likeness (QED) is 0.214. The molecule has 3 aromatic rings. The number of carbonyl (C=O) groups is 2. The minimum Gasteiger partial charge on any atom is -0.507 e. The number of ether oxygens (including phenoxy) is 3. The SMILES string of the molecule is CCOc1cc([C@@H]2/C(=C(\O)c3ccc4c(c3)C[C@@H](C)O4)C(=O)C(=O)N2CCN(C)C)ccc1OCc1ccccc1. The number of hydrogen-bond donors (Lipinski definition) is 1. The van der Waals surface area contributed by atoms with Crippen LogP contribution in [0, 0.1) is 0 Å². The van der Waals surface area contributed by atoms with Crippen LogP contribution in [0.4, 0.5) is 0 Å². The molecule has 0 unspecified atom stereocenters. The second kappa shape index (κ2) is 12.1. The van der Waals surface area contributed by atoms with Gasteiger partial charge in [-0.2, -0.15) is 0 Å². The summed E-state index contributed by atoms with van der Waals surface area (Å²) in [7, 11) is 3.82. The Bertz CT molecular complexity index is 1470. The zero-order valence-corrected chi connectivity index (χ0v) is 23.9. The number of ketones is 1. The Morgan fingerprint density at radius 3 is 2.54 bits per heavy atom. The number of benzene rings is 3. The van der Waals surface area contributed by atoms with Gasteiger partial charge >= 0.3 is 0 Å². The number of carbonyl (C=O) groups excluding carboxylic acids is 2. The number of likely N-dealkylation sites (N-methyl/N-ethyl adjacent to an activating group) is 1. The molecular formula is C33H36N2O6. The van der Waals surface area contributed by atoms with Gasteiger partial charge in [-0.15, -0.1) is 0 Å². The number of nitrogens with zero attached hydrogens (tertiary/aromatic N) is 2. The standard InChI is InChI=1S/C33H36N2O6/c1-5-39-28-19-23(11-14-27(28)40-20-22-9-7-6-8-10-22)30-29(32(37)33(38)35(30)16-15-34(3)4)31(36)24-12-13-26-25(18-24)17-21(2)41-26/h6-14,18-19,21,30,36H,5,15-17,20H2,1-4H3/b31-29+/t21-,30-/m1/s1. The number of aliphatic hydroxyl groups excluding tert-OH is 1. The first kappa shape index (κ1) is 28.2. The zero-order valence-electron chi connectivity index (χ0n) is 23.9. The average Bonchev–Trinajstić information content (AvgIpc) is 3.46. The number of rotatable bonds is 10. The molecule has 2 atom stereocenters. The predicted molar refractivity (Wildman–Crippen MR) is 156 cm³/mol. The average molecular weight is 557 g/mol. The van der Waals surface area contributed by atoms with Crippen molar-refractivity contribution < 1.29 is 28.9 Å². The fourth-order valence-corrected chi connectivity index (χ4v) is 5.31. The van der Waals surface area contributed by atoms with E-state index in [-0.39, 0.29) is 17.4 Å². The maximum absolute atomic E-state index is 13.5. The van der Waals surface area contributed by atoms with Crippen molar-refractivity contribution in [1.82, 2.24) is 9.80 Å². The molecule has 0 spiro atoms. The molecular weight excluding hydrogens is 520 g/mol. The van der Waals surface area contributed by atoms with Gasteiger partial charge < -0.3 is 29.1 Å². The van der Waals surface area contributed by atoms with Crippen LogP contribution in [0.1, 0.15) is 42.1 Å². The van der Waals surface area contributed by atoms with Gasteiger partial charge in [0.1, 0.15) is 24.2 Å². The van der Waals surface area contributed by atoms with Crippen LogP contribution in [0.5, 0.6) is 17.2 Å². The lowest BCUT2D eigenvalue weighted by molar-refractivity contribution is -0.140. The van der Waals surface area contributed by atoms with Crippen LogP contribution in [0.3, 0.4) is 0 Å². The van der Waals surface area contributed by atoms with Gasteiger partial charge in [-0.1, -0.05) is 36.4 Å². The Hall–Kier alpha value is -4.30. The fourth-order valence-electron chi connectivity index (χ4n) is 5.31. The largest absolute Gasteiger partial charge is 0.507 e. The third-order valence-electron chi connectivity index (χ3n) is 7.32. The summed E-state index contributed by atoms with van der Waals surface area (Å²) in [6.45, 7) is 5.50. The molecule has 3 aromatic carbocycles. The molecule has 1 saturated heterocycles. The van der Waals surface area contributed by atoms with Crippen molar-refractivity contribution in [1.29, 1.82) is 0 Å². The Morgan fingerprint density at radius 2 is 1.80 bits per heavy atom. The maximum Gasteiger partial charge on any atom is 0.295 e. The molecule has 214 valence electrons. The van der Waals surface area contributed by atoms with Gasteiger partial charge in [0, 0.05) is 25.1 Å². The van der Waals surface area contributed by atoms with E-state index in [0.29, 0.717) is 55.4 Å². The Balaban J connectivity index is 1.56. The zero-order chi connectivity index (χ0) is 29.1. The first-order chi connectivity index (χ1) is 19.8. The van der Waals surface area contributed by atoms with Gasteiger partial charge in [0.15, 0.2) is 11.5 Å². The van der Waals surface area contributed by atoms with E-state index in [1.165, 1.54) is 4.90 Å². The third-order valence-corrected chi connectivity index (χ3v) is 7.32. The van der Waals surface area contributed by atoms with Gasteiger partial charge in [-0.05, 0) is 75.0 Å². The minimum atomic E-state index is -0.791.